The van der Waals surface area contributed by atoms with Crippen molar-refractivity contribution < 1.29 is 8.78 Å². The average molecular weight is 512 g/mol. The summed E-state index contributed by atoms with van der Waals surface area (Å²) in [5.74, 6) is -0.846. The van der Waals surface area contributed by atoms with Crippen LogP contribution in [0.5, 0.6) is 0 Å². The van der Waals surface area contributed by atoms with Gasteiger partial charge in [-0.25, -0.2) is 13.8 Å². The van der Waals surface area contributed by atoms with Gasteiger partial charge in [0.05, 0.1) is 29.1 Å². The molecule has 0 aliphatic carbocycles. The molecule has 0 amide bonds. The predicted octanol–water partition coefficient (Wildman–Crippen LogP) is 3.65. The first-order valence-electron chi connectivity index (χ1n) is 12.0. The van der Waals surface area contributed by atoms with Crippen molar-refractivity contribution in [3.63, 3.8) is 0 Å². The summed E-state index contributed by atoms with van der Waals surface area (Å²) < 4.78 is 29.3. The standard InChI is InChI=1S/C28H23F2N7O/c1-17-16-36(27-22(14-32)28(38)35(2)24-9-7-21(13-31)34-25(24)27)10-11-37(17)26(18-4-3-5-19(29)12-18)23-8-6-20(30)15-33-23/h3-9,12,15,17,26H,10-11,16H2,1-2H3/t17-,26?/m1/s1. The van der Waals surface area contributed by atoms with E-state index in [2.05, 4.69) is 14.9 Å². The number of hydrogen-bond donors (Lipinski definition) is 0. The summed E-state index contributed by atoms with van der Waals surface area (Å²) in [6.45, 7) is 3.31. The second-order valence-electron chi connectivity index (χ2n) is 9.27. The number of anilines is 1. The number of hydrogen-bond acceptors (Lipinski definition) is 7. The van der Waals surface area contributed by atoms with Gasteiger partial charge in [-0.3, -0.25) is 14.7 Å². The van der Waals surface area contributed by atoms with Gasteiger partial charge in [-0.05, 0) is 48.9 Å². The highest BCUT2D eigenvalue weighted by Crippen LogP contribution is 2.34. The first-order chi connectivity index (χ1) is 18.3. The van der Waals surface area contributed by atoms with Crippen molar-refractivity contribution in [2.75, 3.05) is 24.5 Å². The number of benzene rings is 1. The van der Waals surface area contributed by atoms with Crippen molar-refractivity contribution in [2.45, 2.75) is 19.0 Å². The maximum absolute atomic E-state index is 14.2. The number of aryl methyl sites for hydroxylation is 1. The van der Waals surface area contributed by atoms with E-state index in [1.807, 2.05) is 30.0 Å². The number of nitrogens with zero attached hydrogens (tertiary/aromatic N) is 7. The molecular weight excluding hydrogens is 488 g/mol. The highest BCUT2D eigenvalue weighted by Gasteiger charge is 2.34. The molecule has 10 heteroatoms. The number of fused-ring (bicyclic) bond motifs is 1. The Morgan fingerprint density at radius 1 is 1.05 bits per heavy atom. The van der Waals surface area contributed by atoms with E-state index < -0.39 is 17.4 Å². The van der Waals surface area contributed by atoms with E-state index in [4.69, 9.17) is 0 Å². The number of halogens is 2. The normalized spacial score (nSPS) is 16.7. The summed E-state index contributed by atoms with van der Waals surface area (Å²) in [6, 6.07) is 15.9. The number of nitriles is 2. The zero-order valence-corrected chi connectivity index (χ0v) is 20.8. The fourth-order valence-corrected chi connectivity index (χ4v) is 5.18. The van der Waals surface area contributed by atoms with E-state index >= 15 is 0 Å². The molecule has 0 radical (unpaired) electrons. The molecule has 0 bridgehead atoms. The van der Waals surface area contributed by atoms with Crippen LogP contribution >= 0.6 is 0 Å². The Morgan fingerprint density at radius 3 is 2.53 bits per heavy atom. The first kappa shape index (κ1) is 25.0. The summed E-state index contributed by atoms with van der Waals surface area (Å²) in [6.07, 6.45) is 1.14. The monoisotopic (exact) mass is 511 g/mol. The second kappa shape index (κ2) is 10.0. The summed E-state index contributed by atoms with van der Waals surface area (Å²) in [7, 11) is 1.57. The van der Waals surface area contributed by atoms with Gasteiger partial charge in [0.1, 0.15) is 40.5 Å². The molecule has 5 rings (SSSR count). The van der Waals surface area contributed by atoms with Crippen LogP contribution in [0.2, 0.25) is 0 Å². The van der Waals surface area contributed by atoms with Gasteiger partial charge in [0, 0.05) is 32.7 Å². The Bertz CT molecular complexity index is 1670. The highest BCUT2D eigenvalue weighted by atomic mass is 19.1. The van der Waals surface area contributed by atoms with Gasteiger partial charge in [-0.2, -0.15) is 10.5 Å². The number of aromatic nitrogens is 3. The summed E-state index contributed by atoms with van der Waals surface area (Å²) in [4.78, 5) is 25.9. The average Bonchev–Trinajstić information content (AvgIpc) is 2.92. The molecule has 1 fully saturated rings. The van der Waals surface area contributed by atoms with Crippen LogP contribution in [-0.2, 0) is 7.05 Å². The van der Waals surface area contributed by atoms with Gasteiger partial charge in [0.15, 0.2) is 0 Å². The molecule has 4 heterocycles. The zero-order chi connectivity index (χ0) is 27.0. The van der Waals surface area contributed by atoms with Crippen LogP contribution in [0.3, 0.4) is 0 Å². The summed E-state index contributed by atoms with van der Waals surface area (Å²) in [5.41, 5.74) is 2.29. The van der Waals surface area contributed by atoms with Crippen molar-refractivity contribution in [1.29, 1.82) is 10.5 Å². The lowest BCUT2D eigenvalue weighted by Crippen LogP contribution is -2.54. The van der Waals surface area contributed by atoms with Crippen molar-refractivity contribution in [2.24, 2.45) is 7.05 Å². The predicted molar refractivity (Wildman–Crippen MR) is 137 cm³/mol. The largest absolute Gasteiger partial charge is 0.366 e. The summed E-state index contributed by atoms with van der Waals surface area (Å²) >= 11 is 0. The number of rotatable bonds is 4. The molecule has 190 valence electrons. The smallest absolute Gasteiger partial charge is 0.270 e. The molecular formula is C28H23F2N7O. The quantitative estimate of drug-likeness (QED) is 0.412. The Balaban J connectivity index is 1.57. The minimum Gasteiger partial charge on any atom is -0.366 e. The molecule has 1 aromatic carbocycles. The van der Waals surface area contributed by atoms with Gasteiger partial charge in [0.25, 0.3) is 5.56 Å². The molecule has 8 nitrogen and oxygen atoms in total. The zero-order valence-electron chi connectivity index (χ0n) is 20.8. The SMILES string of the molecule is C[C@@H]1CN(c2c(C#N)c(=O)n(C)c3ccc(C#N)nc23)CCN1C(c1cccc(F)c1)c1ccc(F)cn1. The van der Waals surface area contributed by atoms with E-state index in [0.717, 1.165) is 6.20 Å². The molecule has 3 aromatic heterocycles. The van der Waals surface area contributed by atoms with Gasteiger partial charge >= 0.3 is 0 Å². The van der Waals surface area contributed by atoms with Crippen LogP contribution in [0.15, 0.2) is 59.5 Å². The molecule has 2 atom stereocenters. The Kier molecular flexibility index (Phi) is 6.58. The maximum Gasteiger partial charge on any atom is 0.270 e. The fourth-order valence-electron chi connectivity index (χ4n) is 5.18. The molecule has 1 aliphatic heterocycles. The van der Waals surface area contributed by atoms with Crippen molar-refractivity contribution in [3.8, 4) is 12.1 Å². The van der Waals surface area contributed by atoms with Gasteiger partial charge in [-0.15, -0.1) is 0 Å². The molecule has 1 unspecified atom stereocenters. The highest BCUT2D eigenvalue weighted by molar-refractivity contribution is 5.92. The van der Waals surface area contributed by atoms with Crippen LogP contribution in [0.4, 0.5) is 14.5 Å². The molecule has 0 N–H and O–H groups in total. The van der Waals surface area contributed by atoms with Gasteiger partial charge < -0.3 is 9.47 Å². The number of piperazine rings is 1. The van der Waals surface area contributed by atoms with Crippen molar-refractivity contribution >= 4 is 16.7 Å². The Labute approximate surface area is 217 Å². The summed E-state index contributed by atoms with van der Waals surface area (Å²) in [5, 5.41) is 19.3. The van der Waals surface area contributed by atoms with Crippen molar-refractivity contribution in [1.82, 2.24) is 19.4 Å². The van der Waals surface area contributed by atoms with Crippen LogP contribution in [0, 0.1) is 34.3 Å². The van der Waals surface area contributed by atoms with Crippen LogP contribution in [0.25, 0.3) is 11.0 Å². The van der Waals surface area contributed by atoms with Crippen molar-refractivity contribution in [3.05, 3.63) is 99.2 Å². The third-order valence-corrected chi connectivity index (χ3v) is 6.96. The minimum atomic E-state index is -0.463. The topological polar surface area (TPSA) is 102 Å². The van der Waals surface area contributed by atoms with Gasteiger partial charge in [0.2, 0.25) is 0 Å². The minimum absolute atomic E-state index is 0.0369. The lowest BCUT2D eigenvalue weighted by atomic mass is 9.97. The van der Waals surface area contributed by atoms with E-state index in [0.29, 0.717) is 47.6 Å². The molecule has 0 spiro atoms. The lowest BCUT2D eigenvalue weighted by molar-refractivity contribution is 0.147. The molecule has 1 aliphatic rings. The van der Waals surface area contributed by atoms with E-state index in [1.54, 1.807) is 25.2 Å². The Hall–Kier alpha value is -4.67. The maximum atomic E-state index is 14.2. The van der Waals surface area contributed by atoms with Crippen LogP contribution in [-0.4, -0.2) is 45.1 Å². The molecule has 38 heavy (non-hydrogen) atoms. The number of pyridine rings is 3. The third-order valence-electron chi connectivity index (χ3n) is 6.96. The first-order valence-corrected chi connectivity index (χ1v) is 12.0. The Morgan fingerprint density at radius 2 is 1.87 bits per heavy atom. The lowest BCUT2D eigenvalue weighted by Gasteiger charge is -2.45. The fraction of sp³-hybridized carbons (Fsp3) is 0.250. The molecule has 4 aromatic rings. The molecule has 1 saturated heterocycles. The van der Waals surface area contributed by atoms with E-state index in [-0.39, 0.29) is 23.1 Å². The van der Waals surface area contributed by atoms with E-state index in [9.17, 15) is 24.1 Å². The third kappa shape index (κ3) is 4.36. The van der Waals surface area contributed by atoms with Crippen LogP contribution in [0.1, 0.15) is 35.5 Å². The molecule has 0 saturated carbocycles. The van der Waals surface area contributed by atoms with Crippen LogP contribution < -0.4 is 10.5 Å². The van der Waals surface area contributed by atoms with Gasteiger partial charge in [-0.1, -0.05) is 12.1 Å². The second-order valence-corrected chi connectivity index (χ2v) is 9.27. The van der Waals surface area contributed by atoms with E-state index in [1.165, 1.54) is 28.8 Å².